The first kappa shape index (κ1) is 25.7. The van der Waals surface area contributed by atoms with Crippen LogP contribution in [0.1, 0.15) is 32.8 Å². The summed E-state index contributed by atoms with van der Waals surface area (Å²) in [6.07, 6.45) is 5.71. The summed E-state index contributed by atoms with van der Waals surface area (Å²) in [6.45, 7) is 0.430. The predicted molar refractivity (Wildman–Crippen MR) is 138 cm³/mol. The van der Waals surface area contributed by atoms with E-state index in [9.17, 15) is 18.4 Å². The molecule has 0 N–H and O–H groups in total. The molecule has 1 atom stereocenters. The summed E-state index contributed by atoms with van der Waals surface area (Å²) in [4.78, 5) is 26.2. The zero-order chi connectivity index (χ0) is 26.8. The molecule has 0 saturated heterocycles. The predicted octanol–water partition coefficient (Wildman–Crippen LogP) is 5.54. The topological polar surface area (TPSA) is 73.7 Å². The third-order valence-electron chi connectivity index (χ3n) is 6.48. The molecule has 2 aromatic carbocycles. The molecule has 1 aromatic heterocycles. The van der Waals surface area contributed by atoms with Gasteiger partial charge in [-0.15, -0.1) is 0 Å². The molecule has 1 aliphatic heterocycles. The van der Waals surface area contributed by atoms with Crippen LogP contribution in [0.2, 0.25) is 5.02 Å². The summed E-state index contributed by atoms with van der Waals surface area (Å²) in [5, 5.41) is 5.04. The smallest absolute Gasteiger partial charge is 0.274 e. The highest BCUT2D eigenvalue weighted by Gasteiger charge is 2.31. The number of aldehydes is 1. The van der Waals surface area contributed by atoms with Crippen LogP contribution in [0.15, 0.2) is 60.5 Å². The Kier molecular flexibility index (Phi) is 7.28. The van der Waals surface area contributed by atoms with Crippen molar-refractivity contribution < 1.29 is 27.8 Å². The lowest BCUT2D eigenvalue weighted by molar-refractivity contribution is 0.0700. The van der Waals surface area contributed by atoms with E-state index < -0.39 is 5.82 Å². The molecule has 0 bridgehead atoms. The zero-order valence-electron chi connectivity index (χ0n) is 20.5. The average Bonchev–Trinajstić information content (AvgIpc) is 3.25. The van der Waals surface area contributed by atoms with Gasteiger partial charge in [0.25, 0.3) is 5.91 Å². The lowest BCUT2D eigenvalue weighted by atomic mass is 9.99. The summed E-state index contributed by atoms with van der Waals surface area (Å²) in [6, 6.07) is 9.16. The van der Waals surface area contributed by atoms with Gasteiger partial charge in [-0.25, -0.2) is 8.78 Å². The molecule has 5 rings (SSSR count). The molecule has 10 heteroatoms. The Bertz CT molecular complexity index is 1470. The van der Waals surface area contributed by atoms with Gasteiger partial charge >= 0.3 is 0 Å². The van der Waals surface area contributed by atoms with Gasteiger partial charge < -0.3 is 14.4 Å². The molecule has 38 heavy (non-hydrogen) atoms. The Morgan fingerprint density at radius 2 is 2.13 bits per heavy atom. The maximum Gasteiger partial charge on any atom is 0.274 e. The molecule has 1 amide bonds. The van der Waals surface area contributed by atoms with Crippen LogP contribution in [-0.4, -0.2) is 46.6 Å². The zero-order valence-corrected chi connectivity index (χ0v) is 21.3. The third kappa shape index (κ3) is 5.19. The van der Waals surface area contributed by atoms with E-state index in [4.69, 9.17) is 21.1 Å². The number of carbonyl (C=O) groups excluding carboxylic acids is 2. The highest BCUT2D eigenvalue weighted by molar-refractivity contribution is 6.31. The Morgan fingerprint density at radius 1 is 1.29 bits per heavy atom. The fourth-order valence-electron chi connectivity index (χ4n) is 4.69. The fourth-order valence-corrected chi connectivity index (χ4v) is 4.86. The molecule has 0 fully saturated rings. The van der Waals surface area contributed by atoms with Crippen molar-refractivity contribution in [3.63, 3.8) is 0 Å². The number of halogens is 3. The number of hydrogen-bond donors (Lipinski definition) is 0. The number of hydrogen-bond acceptors (Lipinski definition) is 5. The van der Waals surface area contributed by atoms with Gasteiger partial charge in [-0.3, -0.25) is 14.3 Å². The maximum absolute atomic E-state index is 14.3. The fraction of sp³-hybridized carbons (Fsp3) is 0.250. The third-order valence-corrected chi connectivity index (χ3v) is 6.72. The number of amides is 1. The molecule has 0 spiro atoms. The van der Waals surface area contributed by atoms with E-state index in [-0.39, 0.29) is 61.0 Å². The van der Waals surface area contributed by atoms with E-state index in [0.29, 0.717) is 29.0 Å². The average molecular weight is 540 g/mol. The van der Waals surface area contributed by atoms with Gasteiger partial charge in [0.15, 0.2) is 17.3 Å². The first-order valence-electron chi connectivity index (χ1n) is 12.0. The van der Waals surface area contributed by atoms with Crippen LogP contribution < -0.4 is 9.47 Å². The van der Waals surface area contributed by atoms with Crippen molar-refractivity contribution in [1.29, 1.82) is 0 Å². The number of aromatic nitrogens is 2. The molecule has 0 saturated carbocycles. The number of carbonyl (C=O) groups is 2. The van der Waals surface area contributed by atoms with Gasteiger partial charge in [0.05, 0.1) is 12.2 Å². The van der Waals surface area contributed by atoms with Crippen molar-refractivity contribution in [2.45, 2.75) is 13.0 Å². The second-order valence-corrected chi connectivity index (χ2v) is 9.52. The Morgan fingerprint density at radius 3 is 2.89 bits per heavy atom. The number of allylic oxidation sites excluding steroid dienone is 3. The van der Waals surface area contributed by atoms with Gasteiger partial charge in [-0.05, 0) is 55.0 Å². The normalized spacial score (nSPS) is 15.7. The first-order chi connectivity index (χ1) is 18.3. The summed E-state index contributed by atoms with van der Waals surface area (Å²) in [7, 11) is 1.74. The Balaban J connectivity index is 1.41. The van der Waals surface area contributed by atoms with E-state index in [1.165, 1.54) is 29.2 Å². The van der Waals surface area contributed by atoms with Crippen molar-refractivity contribution in [3.05, 3.63) is 88.1 Å². The lowest BCUT2D eigenvalue weighted by Crippen LogP contribution is -2.39. The van der Waals surface area contributed by atoms with E-state index in [1.54, 1.807) is 36.0 Å². The van der Waals surface area contributed by atoms with Gasteiger partial charge in [-0.1, -0.05) is 17.7 Å². The number of aryl methyl sites for hydroxylation is 1. The minimum absolute atomic E-state index is 0.0260. The highest BCUT2D eigenvalue weighted by Crippen LogP contribution is 2.40. The van der Waals surface area contributed by atoms with Crippen LogP contribution in [0, 0.1) is 11.7 Å². The van der Waals surface area contributed by atoms with Gasteiger partial charge in [0, 0.05) is 41.2 Å². The molecule has 0 radical (unpaired) electrons. The summed E-state index contributed by atoms with van der Waals surface area (Å²) >= 11 is 6.21. The molecule has 2 aliphatic rings. The van der Waals surface area contributed by atoms with Crippen molar-refractivity contribution in [1.82, 2.24) is 14.7 Å². The summed E-state index contributed by atoms with van der Waals surface area (Å²) in [5.74, 6) is -1.05. The standard InChI is InChI=1S/C28H24ClF2N3O4/c1-33-27-21-13-19(29)6-8-24(21)38-16-22(27)26(32-33)28(36)34(14-17-3-2-4-20(30)11-17)9-10-37-25-7-5-18(15-35)12-23(25)31/h2,4-8,11-13,15,17H,3,9-10,14,16H2,1H3. The van der Waals surface area contributed by atoms with E-state index in [2.05, 4.69) is 5.10 Å². The summed E-state index contributed by atoms with van der Waals surface area (Å²) in [5.41, 5.74) is 2.50. The Labute approximate surface area is 222 Å². The molecular formula is C28H24ClF2N3O4. The molecule has 7 nitrogen and oxygen atoms in total. The number of fused-ring (bicyclic) bond motifs is 3. The highest BCUT2D eigenvalue weighted by atomic mass is 35.5. The number of nitrogens with zero attached hydrogens (tertiary/aromatic N) is 3. The number of rotatable bonds is 8. The monoisotopic (exact) mass is 539 g/mol. The van der Waals surface area contributed by atoms with Crippen molar-refractivity contribution in [3.8, 4) is 22.8 Å². The van der Waals surface area contributed by atoms with Crippen molar-refractivity contribution >= 4 is 23.8 Å². The van der Waals surface area contributed by atoms with Crippen molar-refractivity contribution in [2.75, 3.05) is 19.7 Å². The lowest BCUT2D eigenvalue weighted by Gasteiger charge is -2.27. The van der Waals surface area contributed by atoms with Gasteiger partial charge in [-0.2, -0.15) is 5.10 Å². The quantitative estimate of drug-likeness (QED) is 0.352. The largest absolute Gasteiger partial charge is 0.489 e. The van der Waals surface area contributed by atoms with Crippen molar-refractivity contribution in [2.24, 2.45) is 13.0 Å². The van der Waals surface area contributed by atoms with Crippen LogP contribution in [0.4, 0.5) is 8.78 Å². The van der Waals surface area contributed by atoms with Crippen LogP contribution in [-0.2, 0) is 13.7 Å². The van der Waals surface area contributed by atoms with E-state index >= 15 is 0 Å². The summed E-state index contributed by atoms with van der Waals surface area (Å²) < 4.78 is 41.3. The molecular weight excluding hydrogens is 516 g/mol. The SMILES string of the molecule is Cn1nc(C(=O)N(CCOc2ccc(C=O)cc2F)CC2C=C(F)C=CC2)c2c1-c1cc(Cl)ccc1OC2. The molecule has 2 heterocycles. The number of ether oxygens (including phenoxy) is 2. The second kappa shape index (κ2) is 10.8. The minimum atomic E-state index is -0.678. The van der Waals surface area contributed by atoms with Crippen LogP contribution >= 0.6 is 11.6 Å². The minimum Gasteiger partial charge on any atom is -0.489 e. The molecule has 1 unspecified atom stereocenters. The molecule has 1 aliphatic carbocycles. The molecule has 196 valence electrons. The van der Waals surface area contributed by atoms with E-state index in [0.717, 1.165) is 17.3 Å². The first-order valence-corrected chi connectivity index (χ1v) is 12.4. The van der Waals surface area contributed by atoms with Crippen LogP contribution in [0.25, 0.3) is 11.3 Å². The number of benzene rings is 2. The van der Waals surface area contributed by atoms with E-state index in [1.807, 2.05) is 0 Å². The molecule has 3 aromatic rings. The maximum atomic E-state index is 14.3. The van der Waals surface area contributed by atoms with Crippen LogP contribution in [0.5, 0.6) is 11.5 Å². The second-order valence-electron chi connectivity index (χ2n) is 9.09. The van der Waals surface area contributed by atoms with Gasteiger partial charge in [0.1, 0.15) is 31.1 Å². The Hall–Kier alpha value is -3.98. The van der Waals surface area contributed by atoms with Crippen LogP contribution in [0.3, 0.4) is 0 Å². The van der Waals surface area contributed by atoms with Gasteiger partial charge in [0.2, 0.25) is 0 Å².